The zero-order valence-corrected chi connectivity index (χ0v) is 18.2. The molecule has 12 heteroatoms. The summed E-state index contributed by atoms with van der Waals surface area (Å²) >= 11 is 7.44. The van der Waals surface area contributed by atoms with Crippen molar-refractivity contribution in [2.75, 3.05) is 32.5 Å². The molecule has 1 aliphatic rings. The third kappa shape index (κ3) is 5.41. The SMILES string of the molecule is COc1ccc(Cl)cc1S(=O)(=O)N1CCCC(C(=O)NCCSc2ncn[nH]2)C1. The van der Waals surface area contributed by atoms with E-state index in [1.807, 2.05) is 0 Å². The van der Waals surface area contributed by atoms with E-state index in [2.05, 4.69) is 20.5 Å². The number of hydrogen-bond donors (Lipinski definition) is 2. The van der Waals surface area contributed by atoms with Crippen molar-refractivity contribution in [2.45, 2.75) is 22.9 Å². The van der Waals surface area contributed by atoms with Crippen molar-refractivity contribution in [3.05, 3.63) is 29.5 Å². The summed E-state index contributed by atoms with van der Waals surface area (Å²) in [5.41, 5.74) is 0. The van der Waals surface area contributed by atoms with Gasteiger partial charge in [-0.15, -0.1) is 0 Å². The minimum atomic E-state index is -3.83. The third-order valence-electron chi connectivity index (χ3n) is 4.53. The Bertz CT molecular complexity index is 939. The standard InChI is InChI=1S/C17H22ClN5O4S2/c1-27-14-5-4-13(18)9-15(14)29(25,26)23-7-2-3-12(10-23)16(24)19-6-8-28-17-20-11-21-22-17/h4-5,9,11-12H,2-3,6-8,10H2,1H3,(H,19,24)(H,20,21,22). The van der Waals surface area contributed by atoms with Gasteiger partial charge in [0.2, 0.25) is 15.9 Å². The van der Waals surface area contributed by atoms with Crippen LogP contribution in [0.25, 0.3) is 0 Å². The number of piperidine rings is 1. The van der Waals surface area contributed by atoms with E-state index in [0.717, 1.165) is 0 Å². The first-order valence-corrected chi connectivity index (χ1v) is 11.8. The number of hydrogen-bond acceptors (Lipinski definition) is 7. The van der Waals surface area contributed by atoms with Gasteiger partial charge >= 0.3 is 0 Å². The summed E-state index contributed by atoms with van der Waals surface area (Å²) < 4.78 is 32.8. The van der Waals surface area contributed by atoms with Crippen molar-refractivity contribution in [3.8, 4) is 5.75 Å². The van der Waals surface area contributed by atoms with Crippen molar-refractivity contribution < 1.29 is 17.9 Å². The van der Waals surface area contributed by atoms with Gasteiger partial charge in [0.1, 0.15) is 17.0 Å². The lowest BCUT2D eigenvalue weighted by molar-refractivity contribution is -0.125. The van der Waals surface area contributed by atoms with Crippen molar-refractivity contribution in [1.82, 2.24) is 24.8 Å². The molecule has 1 fully saturated rings. The van der Waals surface area contributed by atoms with Crippen LogP contribution in [0.3, 0.4) is 0 Å². The van der Waals surface area contributed by atoms with E-state index >= 15 is 0 Å². The number of thioether (sulfide) groups is 1. The van der Waals surface area contributed by atoms with Crippen molar-refractivity contribution >= 4 is 39.3 Å². The first kappa shape index (κ1) is 21.9. The van der Waals surface area contributed by atoms with Crippen molar-refractivity contribution in [1.29, 1.82) is 0 Å². The van der Waals surface area contributed by atoms with E-state index < -0.39 is 15.9 Å². The van der Waals surface area contributed by atoms with Crippen LogP contribution in [0.15, 0.2) is 34.6 Å². The molecule has 0 radical (unpaired) electrons. The Morgan fingerprint density at radius 3 is 3.03 bits per heavy atom. The van der Waals surface area contributed by atoms with Gasteiger partial charge in [0.15, 0.2) is 5.16 Å². The molecule has 3 rings (SSSR count). The third-order valence-corrected chi connectivity index (χ3v) is 7.53. The lowest BCUT2D eigenvalue weighted by Gasteiger charge is -2.31. The first-order valence-electron chi connectivity index (χ1n) is 9.01. The second kappa shape index (κ2) is 9.79. The number of carbonyl (C=O) groups is 1. The summed E-state index contributed by atoms with van der Waals surface area (Å²) in [5, 5.41) is 10.4. The monoisotopic (exact) mass is 459 g/mol. The molecule has 1 unspecified atom stereocenters. The average molecular weight is 460 g/mol. The van der Waals surface area contributed by atoms with Gasteiger partial charge in [-0.2, -0.15) is 9.40 Å². The number of H-pyrrole nitrogens is 1. The van der Waals surface area contributed by atoms with Gasteiger partial charge in [0.05, 0.1) is 13.0 Å². The molecule has 1 aromatic carbocycles. The summed E-state index contributed by atoms with van der Waals surface area (Å²) in [6.45, 7) is 0.928. The highest BCUT2D eigenvalue weighted by molar-refractivity contribution is 7.99. The highest BCUT2D eigenvalue weighted by atomic mass is 35.5. The summed E-state index contributed by atoms with van der Waals surface area (Å²) in [7, 11) is -2.42. The van der Waals surface area contributed by atoms with Gasteiger partial charge in [0, 0.05) is 30.4 Å². The molecule has 158 valence electrons. The van der Waals surface area contributed by atoms with E-state index in [1.165, 1.54) is 41.6 Å². The quantitative estimate of drug-likeness (QED) is 0.456. The van der Waals surface area contributed by atoms with Crippen LogP contribution in [0.5, 0.6) is 5.75 Å². The number of methoxy groups -OCH3 is 1. The van der Waals surface area contributed by atoms with Crippen LogP contribution < -0.4 is 10.1 Å². The summed E-state index contributed by atoms with van der Waals surface area (Å²) in [6, 6.07) is 4.47. The Kier molecular flexibility index (Phi) is 7.38. The van der Waals surface area contributed by atoms with Crippen LogP contribution >= 0.6 is 23.4 Å². The van der Waals surface area contributed by atoms with E-state index in [1.54, 1.807) is 6.07 Å². The number of amides is 1. The van der Waals surface area contributed by atoms with E-state index in [0.29, 0.717) is 41.9 Å². The van der Waals surface area contributed by atoms with Crippen LogP contribution in [0.1, 0.15) is 12.8 Å². The summed E-state index contributed by atoms with van der Waals surface area (Å²) in [4.78, 5) is 16.5. The van der Waals surface area contributed by atoms with E-state index in [-0.39, 0.29) is 23.1 Å². The molecule has 1 amide bonds. The highest BCUT2D eigenvalue weighted by Gasteiger charge is 2.34. The lowest BCUT2D eigenvalue weighted by Crippen LogP contribution is -2.45. The summed E-state index contributed by atoms with van der Waals surface area (Å²) in [6.07, 6.45) is 2.67. The zero-order chi connectivity index (χ0) is 20.9. The van der Waals surface area contributed by atoms with E-state index in [4.69, 9.17) is 16.3 Å². The Balaban J connectivity index is 1.60. The number of aromatic nitrogens is 3. The minimum absolute atomic E-state index is 0.0111. The second-order valence-electron chi connectivity index (χ2n) is 6.43. The van der Waals surface area contributed by atoms with Crippen LogP contribution in [0.2, 0.25) is 5.02 Å². The number of sulfonamides is 1. The molecular weight excluding hydrogens is 438 g/mol. The molecule has 2 N–H and O–H groups in total. The topological polar surface area (TPSA) is 117 Å². The van der Waals surface area contributed by atoms with Gasteiger partial charge in [-0.05, 0) is 31.0 Å². The molecule has 29 heavy (non-hydrogen) atoms. The number of ether oxygens (including phenoxy) is 1. The van der Waals surface area contributed by atoms with Gasteiger partial charge < -0.3 is 10.1 Å². The summed E-state index contributed by atoms with van der Waals surface area (Å²) in [5.74, 6) is 0.306. The Hall–Kier alpha value is -1.82. The second-order valence-corrected chi connectivity index (χ2v) is 9.85. The van der Waals surface area contributed by atoms with E-state index in [9.17, 15) is 13.2 Å². The van der Waals surface area contributed by atoms with Crippen molar-refractivity contribution in [2.24, 2.45) is 5.92 Å². The smallest absolute Gasteiger partial charge is 0.246 e. The van der Waals surface area contributed by atoms with Crippen LogP contribution in [-0.2, 0) is 14.8 Å². The number of rotatable bonds is 8. The van der Waals surface area contributed by atoms with Gasteiger partial charge in [-0.3, -0.25) is 9.89 Å². The molecule has 0 spiro atoms. The molecule has 0 aliphatic carbocycles. The predicted octanol–water partition coefficient (Wildman–Crippen LogP) is 1.78. The zero-order valence-electron chi connectivity index (χ0n) is 15.8. The van der Waals surface area contributed by atoms with Crippen LogP contribution in [0.4, 0.5) is 0 Å². The van der Waals surface area contributed by atoms with Gasteiger partial charge in [-0.25, -0.2) is 13.4 Å². The molecule has 9 nitrogen and oxygen atoms in total. The highest BCUT2D eigenvalue weighted by Crippen LogP contribution is 2.31. The Morgan fingerprint density at radius 1 is 1.48 bits per heavy atom. The van der Waals surface area contributed by atoms with Crippen molar-refractivity contribution in [3.63, 3.8) is 0 Å². The molecule has 0 bridgehead atoms. The molecule has 1 saturated heterocycles. The van der Waals surface area contributed by atoms with Crippen LogP contribution in [-0.4, -0.2) is 66.3 Å². The molecule has 2 aromatic rings. The largest absolute Gasteiger partial charge is 0.495 e. The maximum absolute atomic E-state index is 13.1. The number of nitrogens with one attached hydrogen (secondary N) is 2. The molecule has 1 aliphatic heterocycles. The number of aromatic amines is 1. The fourth-order valence-electron chi connectivity index (χ4n) is 3.10. The fraction of sp³-hybridized carbons (Fsp3) is 0.471. The number of benzene rings is 1. The Morgan fingerprint density at radius 2 is 2.31 bits per heavy atom. The molecule has 0 saturated carbocycles. The van der Waals surface area contributed by atoms with Crippen LogP contribution in [0, 0.1) is 5.92 Å². The lowest BCUT2D eigenvalue weighted by atomic mass is 9.99. The molecule has 1 atom stereocenters. The Labute approximate surface area is 178 Å². The molecule has 1 aromatic heterocycles. The predicted molar refractivity (Wildman–Crippen MR) is 110 cm³/mol. The number of nitrogens with zero attached hydrogens (tertiary/aromatic N) is 3. The molecule has 2 heterocycles. The van der Waals surface area contributed by atoms with Gasteiger partial charge in [-0.1, -0.05) is 23.4 Å². The number of halogens is 1. The van der Waals surface area contributed by atoms with Gasteiger partial charge in [0.25, 0.3) is 0 Å². The maximum atomic E-state index is 13.1. The minimum Gasteiger partial charge on any atom is -0.495 e. The first-order chi connectivity index (χ1) is 13.9. The fourth-order valence-corrected chi connectivity index (χ4v) is 5.67. The average Bonchev–Trinajstić information content (AvgIpc) is 3.24. The normalized spacial score (nSPS) is 17.8. The molecular formula is C17H22ClN5O4S2. The maximum Gasteiger partial charge on any atom is 0.246 e. The number of carbonyl (C=O) groups excluding carboxylic acids is 1.